The Labute approximate surface area is 229 Å². The fourth-order valence-corrected chi connectivity index (χ4v) is 8.63. The number of benzene rings is 3. The Morgan fingerprint density at radius 2 is 1.74 bits per heavy atom. The molecule has 0 spiro atoms. The van der Waals surface area contributed by atoms with Gasteiger partial charge in [-0.15, -0.1) is 0 Å². The molecule has 7 rings (SSSR count). The van der Waals surface area contributed by atoms with Crippen molar-refractivity contribution >= 4 is 23.0 Å². The first-order valence-electron chi connectivity index (χ1n) is 14.4. The first kappa shape index (κ1) is 24.4. The van der Waals surface area contributed by atoms with Gasteiger partial charge in [0.1, 0.15) is 23.2 Å². The van der Waals surface area contributed by atoms with Crippen LogP contribution in [0.25, 0.3) is 10.9 Å². The van der Waals surface area contributed by atoms with Crippen molar-refractivity contribution in [1.82, 2.24) is 4.98 Å². The number of aromatic amines is 1. The van der Waals surface area contributed by atoms with Crippen LogP contribution in [0.4, 0.5) is 0 Å². The zero-order valence-corrected chi connectivity index (χ0v) is 22.7. The van der Waals surface area contributed by atoms with Crippen LogP contribution < -0.4 is 0 Å². The van der Waals surface area contributed by atoms with Crippen molar-refractivity contribution in [3.05, 3.63) is 100 Å². The molecule has 0 amide bonds. The summed E-state index contributed by atoms with van der Waals surface area (Å²) < 4.78 is 0. The maximum Gasteiger partial charge on any atom is 0.140 e. The van der Waals surface area contributed by atoms with Gasteiger partial charge in [-0.2, -0.15) is 0 Å². The second-order valence-electron chi connectivity index (χ2n) is 12.4. The molecule has 0 aliphatic heterocycles. The van der Waals surface area contributed by atoms with E-state index in [1.165, 1.54) is 11.1 Å². The van der Waals surface area contributed by atoms with Gasteiger partial charge >= 0.3 is 0 Å². The third kappa shape index (κ3) is 3.36. The third-order valence-electron chi connectivity index (χ3n) is 10.8. The lowest BCUT2D eigenvalue weighted by Gasteiger charge is -2.48. The normalized spacial score (nSPS) is 27.4. The highest BCUT2D eigenvalue weighted by molar-refractivity contribution is 5.90. The summed E-state index contributed by atoms with van der Waals surface area (Å²) >= 11 is 0. The van der Waals surface area contributed by atoms with Crippen LogP contribution >= 0.6 is 0 Å². The maximum atomic E-state index is 13.5. The Morgan fingerprint density at radius 3 is 2.51 bits per heavy atom. The molecule has 3 aromatic carbocycles. The smallest absolute Gasteiger partial charge is 0.140 e. The van der Waals surface area contributed by atoms with E-state index in [1.54, 1.807) is 12.1 Å². The first-order valence-corrected chi connectivity index (χ1v) is 14.4. The molecule has 0 unspecified atom stereocenters. The number of ketones is 1. The molecular weight excluding hydrogens is 482 g/mol. The van der Waals surface area contributed by atoms with Crippen molar-refractivity contribution in [2.75, 3.05) is 0 Å². The van der Waals surface area contributed by atoms with Gasteiger partial charge in [-0.25, -0.2) is 0 Å². The molecule has 3 aliphatic carbocycles. The summed E-state index contributed by atoms with van der Waals surface area (Å²) in [6.45, 7) is 4.30. The Morgan fingerprint density at radius 1 is 0.974 bits per heavy atom. The second-order valence-corrected chi connectivity index (χ2v) is 12.4. The molecule has 198 valence electrons. The van der Waals surface area contributed by atoms with Gasteiger partial charge in [-0.1, -0.05) is 55.5 Å². The minimum absolute atomic E-state index is 0.156. The number of aryl methyl sites for hydroxylation is 2. The standard InChI is InChI=1S/C35H35NO3/c1-21-26-5-3-4-6-31(26)36-33(21)35(20-37,23-10-12-25(38)13-11-23)24-9-7-22-8-14-28-27(29(22)19-24)17-18-34(2)30(28)15-16-32(34)39/h3-7,9-13,19-20,27-28,30,36,38H,8,14-18H2,1-2H3/t27-,28+,30-,34-,35-/m0/s1. The summed E-state index contributed by atoms with van der Waals surface area (Å²) in [7, 11) is 0. The number of carbonyl (C=O) groups excluding carboxylic acids is 2. The lowest BCUT2D eigenvalue weighted by molar-refractivity contribution is -0.129. The van der Waals surface area contributed by atoms with E-state index in [-0.39, 0.29) is 11.2 Å². The molecule has 3 aliphatic rings. The van der Waals surface area contributed by atoms with E-state index in [4.69, 9.17) is 0 Å². The van der Waals surface area contributed by atoms with E-state index in [1.807, 2.05) is 24.3 Å². The van der Waals surface area contributed by atoms with Crippen molar-refractivity contribution in [3.8, 4) is 5.75 Å². The molecule has 2 fully saturated rings. The number of para-hydroxylation sites is 1. The molecule has 5 atom stereocenters. The lowest BCUT2D eigenvalue weighted by Crippen LogP contribution is -2.42. The number of phenols is 1. The van der Waals surface area contributed by atoms with E-state index in [0.29, 0.717) is 23.5 Å². The van der Waals surface area contributed by atoms with E-state index in [0.717, 1.165) is 78.1 Å². The van der Waals surface area contributed by atoms with Gasteiger partial charge in [0.25, 0.3) is 0 Å². The number of carbonyl (C=O) groups is 2. The number of fused-ring (bicyclic) bond motifs is 6. The first-order chi connectivity index (χ1) is 18.9. The number of aromatic hydroxyl groups is 1. The number of phenolic OH excluding ortho intramolecular Hbond substituents is 1. The number of aldehydes is 1. The predicted molar refractivity (Wildman–Crippen MR) is 153 cm³/mol. The number of rotatable bonds is 4. The molecule has 1 heterocycles. The zero-order chi connectivity index (χ0) is 26.9. The monoisotopic (exact) mass is 517 g/mol. The fraction of sp³-hybridized carbons (Fsp3) is 0.371. The molecule has 39 heavy (non-hydrogen) atoms. The minimum atomic E-state index is -1.05. The quantitative estimate of drug-likeness (QED) is 0.283. The highest BCUT2D eigenvalue weighted by Gasteiger charge is 2.54. The lowest BCUT2D eigenvalue weighted by atomic mass is 9.55. The van der Waals surface area contributed by atoms with Crippen molar-refractivity contribution in [1.29, 1.82) is 0 Å². The molecule has 2 saturated carbocycles. The van der Waals surface area contributed by atoms with Crippen molar-refractivity contribution < 1.29 is 14.7 Å². The molecule has 2 N–H and O–H groups in total. The van der Waals surface area contributed by atoms with Gasteiger partial charge < -0.3 is 14.9 Å². The Balaban J connectivity index is 1.42. The van der Waals surface area contributed by atoms with E-state index in [9.17, 15) is 14.7 Å². The highest BCUT2D eigenvalue weighted by atomic mass is 16.3. The van der Waals surface area contributed by atoms with Crippen LogP contribution in [0, 0.1) is 24.2 Å². The number of hydrogen-bond acceptors (Lipinski definition) is 3. The van der Waals surface area contributed by atoms with E-state index < -0.39 is 5.41 Å². The molecule has 4 nitrogen and oxygen atoms in total. The Bertz CT molecular complexity index is 1610. The van der Waals surface area contributed by atoms with Gasteiger partial charge in [-0.05, 0) is 103 Å². The molecule has 0 saturated heterocycles. The van der Waals surface area contributed by atoms with E-state index >= 15 is 0 Å². The van der Waals surface area contributed by atoms with Gasteiger partial charge in [0, 0.05) is 28.4 Å². The number of aromatic nitrogens is 1. The average Bonchev–Trinajstić information content (AvgIpc) is 3.46. The van der Waals surface area contributed by atoms with Gasteiger partial charge in [0.2, 0.25) is 0 Å². The number of nitrogens with one attached hydrogen (secondary N) is 1. The SMILES string of the molecule is Cc1c([C@@](C=O)(c2ccc(O)cc2)c2ccc3c(c2)[C@H]2CC[C@]4(C)C(=O)CC[C@H]4[C@@H]2CC3)[nH]c2ccccc12. The van der Waals surface area contributed by atoms with E-state index in [2.05, 4.69) is 49.2 Å². The molecular formula is C35H35NO3. The minimum Gasteiger partial charge on any atom is -0.508 e. The molecule has 4 heteroatoms. The summed E-state index contributed by atoms with van der Waals surface area (Å²) in [5.74, 6) is 2.05. The van der Waals surface area contributed by atoms with Crippen LogP contribution in [0.15, 0.2) is 66.7 Å². The van der Waals surface area contributed by atoms with Crippen molar-refractivity contribution in [2.45, 2.75) is 63.7 Å². The average molecular weight is 518 g/mol. The molecule has 1 aromatic heterocycles. The second kappa shape index (κ2) is 8.67. The topological polar surface area (TPSA) is 70.2 Å². The highest BCUT2D eigenvalue weighted by Crippen LogP contribution is 2.60. The third-order valence-corrected chi connectivity index (χ3v) is 10.8. The zero-order valence-electron chi connectivity index (χ0n) is 22.7. The fourth-order valence-electron chi connectivity index (χ4n) is 8.63. The van der Waals surface area contributed by atoms with Gasteiger partial charge in [0.05, 0.1) is 0 Å². The summed E-state index contributed by atoms with van der Waals surface area (Å²) in [6, 6.07) is 21.9. The van der Waals surface area contributed by atoms with Crippen LogP contribution in [-0.4, -0.2) is 22.2 Å². The Hall–Kier alpha value is -3.66. The number of Topliss-reactive ketones (excluding diaryl/α,β-unsaturated/α-hetero) is 1. The Kier molecular flexibility index (Phi) is 5.42. The summed E-state index contributed by atoms with van der Waals surface area (Å²) in [4.78, 5) is 30.0. The van der Waals surface area contributed by atoms with Gasteiger partial charge in [0.15, 0.2) is 0 Å². The van der Waals surface area contributed by atoms with Gasteiger partial charge in [-0.3, -0.25) is 4.79 Å². The summed E-state index contributed by atoms with van der Waals surface area (Å²) in [6.07, 6.45) is 6.97. The van der Waals surface area contributed by atoms with Crippen molar-refractivity contribution in [3.63, 3.8) is 0 Å². The number of H-pyrrole nitrogens is 1. The maximum absolute atomic E-state index is 13.5. The van der Waals surface area contributed by atoms with Crippen LogP contribution in [-0.2, 0) is 21.4 Å². The van der Waals surface area contributed by atoms with Crippen LogP contribution in [0.3, 0.4) is 0 Å². The van der Waals surface area contributed by atoms with Crippen LogP contribution in [0.5, 0.6) is 5.75 Å². The van der Waals surface area contributed by atoms with Crippen LogP contribution in [0.1, 0.15) is 78.5 Å². The molecule has 0 radical (unpaired) electrons. The van der Waals surface area contributed by atoms with Crippen LogP contribution in [0.2, 0.25) is 0 Å². The van der Waals surface area contributed by atoms with Crippen molar-refractivity contribution in [2.24, 2.45) is 17.3 Å². The molecule has 4 aromatic rings. The largest absolute Gasteiger partial charge is 0.508 e. The predicted octanol–water partition coefficient (Wildman–Crippen LogP) is 7.14. The number of hydrogen-bond donors (Lipinski definition) is 2. The molecule has 0 bridgehead atoms. The summed E-state index contributed by atoms with van der Waals surface area (Å²) in [5.41, 5.74) is 6.25. The summed E-state index contributed by atoms with van der Waals surface area (Å²) in [5, 5.41) is 11.2.